The third-order valence-corrected chi connectivity index (χ3v) is 5.40. The molecule has 0 fully saturated rings. The molecule has 0 unspecified atom stereocenters. The van der Waals surface area contributed by atoms with Crippen molar-refractivity contribution in [1.82, 2.24) is 19.4 Å². The molecule has 0 radical (unpaired) electrons. The zero-order chi connectivity index (χ0) is 17.6. The van der Waals surface area contributed by atoms with E-state index in [1.54, 1.807) is 16.3 Å². The Morgan fingerprint density at radius 1 is 1.36 bits per heavy atom. The molecule has 1 aliphatic heterocycles. The zero-order valence-electron chi connectivity index (χ0n) is 14.3. The van der Waals surface area contributed by atoms with E-state index < -0.39 is 0 Å². The highest BCUT2D eigenvalue weighted by Crippen LogP contribution is 2.29. The highest BCUT2D eigenvalue weighted by atomic mass is 32.2. The van der Waals surface area contributed by atoms with E-state index in [2.05, 4.69) is 5.32 Å². The number of rotatable bonds is 3. The molecule has 25 heavy (non-hydrogen) atoms. The lowest BCUT2D eigenvalue weighted by Gasteiger charge is -2.17. The van der Waals surface area contributed by atoms with Crippen LogP contribution in [0.4, 0.5) is 0 Å². The number of carbonyl (C=O) groups is 1. The Labute approximate surface area is 149 Å². The van der Waals surface area contributed by atoms with Crippen LogP contribution < -0.4 is 10.9 Å². The molecule has 0 saturated carbocycles. The van der Waals surface area contributed by atoms with Crippen molar-refractivity contribution in [3.8, 4) is 0 Å². The van der Waals surface area contributed by atoms with Crippen LogP contribution in [0.25, 0.3) is 21.9 Å². The first-order valence-corrected chi connectivity index (χ1v) is 9.49. The maximum atomic E-state index is 13.1. The molecule has 130 valence electrons. The average Bonchev–Trinajstić information content (AvgIpc) is 2.89. The fraction of sp³-hybridized carbons (Fsp3) is 0.389. The molecule has 0 bridgehead atoms. The molecule has 1 amide bonds. The van der Waals surface area contributed by atoms with Gasteiger partial charge in [0.15, 0.2) is 5.16 Å². The molecule has 0 aliphatic carbocycles. The lowest BCUT2D eigenvalue weighted by atomic mass is 10.2. The number of amides is 1. The standard InChI is InChI=1S/C18H20N4O2S/c1-11(2)19-14(23)10-22-13-7-4-3-6-12(13)15-16(22)17(24)21-8-5-9-25-18(21)20-15/h3-4,6-7,11H,5,8-10H2,1-2H3,(H,19,23). The van der Waals surface area contributed by atoms with Gasteiger partial charge < -0.3 is 9.88 Å². The van der Waals surface area contributed by atoms with Crippen LogP contribution in [0.1, 0.15) is 20.3 Å². The van der Waals surface area contributed by atoms with Gasteiger partial charge in [-0.2, -0.15) is 0 Å². The summed E-state index contributed by atoms with van der Waals surface area (Å²) < 4.78 is 3.55. The number of benzene rings is 1. The number of hydrogen-bond donors (Lipinski definition) is 1. The predicted molar refractivity (Wildman–Crippen MR) is 100 cm³/mol. The average molecular weight is 356 g/mol. The van der Waals surface area contributed by atoms with Crippen molar-refractivity contribution in [1.29, 1.82) is 0 Å². The first-order valence-electron chi connectivity index (χ1n) is 8.50. The van der Waals surface area contributed by atoms with Gasteiger partial charge in [-0.15, -0.1) is 0 Å². The van der Waals surface area contributed by atoms with E-state index in [9.17, 15) is 9.59 Å². The summed E-state index contributed by atoms with van der Waals surface area (Å²) in [5, 5.41) is 4.59. The minimum Gasteiger partial charge on any atom is -0.352 e. The molecule has 3 heterocycles. The molecule has 4 rings (SSSR count). The second-order valence-corrected chi connectivity index (χ2v) is 7.64. The number of aromatic nitrogens is 3. The molecule has 0 saturated heterocycles. The van der Waals surface area contributed by atoms with Crippen molar-refractivity contribution in [2.75, 3.05) is 5.75 Å². The summed E-state index contributed by atoms with van der Waals surface area (Å²) in [6, 6.07) is 7.82. The highest BCUT2D eigenvalue weighted by molar-refractivity contribution is 7.99. The zero-order valence-corrected chi connectivity index (χ0v) is 15.1. The molecular formula is C18H20N4O2S. The van der Waals surface area contributed by atoms with Gasteiger partial charge in [0.05, 0.1) is 5.52 Å². The molecule has 3 aromatic rings. The van der Waals surface area contributed by atoms with Crippen LogP contribution in [-0.2, 0) is 17.9 Å². The van der Waals surface area contributed by atoms with Gasteiger partial charge >= 0.3 is 0 Å². The Balaban J connectivity index is 1.99. The number of nitrogens with one attached hydrogen (secondary N) is 1. The van der Waals surface area contributed by atoms with Crippen LogP contribution >= 0.6 is 11.8 Å². The topological polar surface area (TPSA) is 68.9 Å². The van der Waals surface area contributed by atoms with Crippen LogP contribution in [0.3, 0.4) is 0 Å². The molecule has 0 atom stereocenters. The van der Waals surface area contributed by atoms with Gasteiger partial charge in [0.1, 0.15) is 17.6 Å². The van der Waals surface area contributed by atoms with Gasteiger partial charge in [-0.1, -0.05) is 30.0 Å². The number of thioether (sulfide) groups is 1. The Bertz CT molecular complexity index is 1030. The molecule has 0 spiro atoms. The van der Waals surface area contributed by atoms with Gasteiger partial charge in [0.2, 0.25) is 5.91 Å². The number of hydrogen-bond acceptors (Lipinski definition) is 4. The summed E-state index contributed by atoms with van der Waals surface area (Å²) in [5.41, 5.74) is 2.03. The monoisotopic (exact) mass is 356 g/mol. The number of carbonyl (C=O) groups excluding carboxylic acids is 1. The van der Waals surface area contributed by atoms with Crippen molar-refractivity contribution >= 4 is 39.6 Å². The third-order valence-electron chi connectivity index (χ3n) is 4.34. The minimum absolute atomic E-state index is 0.0549. The van der Waals surface area contributed by atoms with E-state index in [-0.39, 0.29) is 24.1 Å². The van der Waals surface area contributed by atoms with Crippen LogP contribution in [0, 0.1) is 0 Å². The number of nitrogens with zero attached hydrogens (tertiary/aromatic N) is 3. The summed E-state index contributed by atoms with van der Waals surface area (Å²) in [7, 11) is 0. The summed E-state index contributed by atoms with van der Waals surface area (Å²) in [5.74, 6) is 0.877. The van der Waals surface area contributed by atoms with Crippen LogP contribution in [0.15, 0.2) is 34.2 Å². The molecule has 1 aromatic carbocycles. The Morgan fingerprint density at radius 3 is 2.96 bits per heavy atom. The quantitative estimate of drug-likeness (QED) is 0.732. The van der Waals surface area contributed by atoms with E-state index >= 15 is 0 Å². The molecule has 1 N–H and O–H groups in total. The SMILES string of the molecule is CC(C)NC(=O)Cn1c2ccccc2c2nc3n(c(=O)c21)CCCS3. The lowest BCUT2D eigenvalue weighted by molar-refractivity contribution is -0.122. The van der Waals surface area contributed by atoms with E-state index in [0.29, 0.717) is 17.6 Å². The fourth-order valence-electron chi connectivity index (χ4n) is 3.35. The summed E-state index contributed by atoms with van der Waals surface area (Å²) in [6.07, 6.45) is 0.957. The summed E-state index contributed by atoms with van der Waals surface area (Å²) >= 11 is 1.62. The van der Waals surface area contributed by atoms with Crippen molar-refractivity contribution < 1.29 is 4.79 Å². The number of para-hydroxylation sites is 1. The molecule has 7 heteroatoms. The Kier molecular flexibility index (Phi) is 4.03. The smallest absolute Gasteiger partial charge is 0.278 e. The first-order chi connectivity index (χ1) is 12.1. The Hall–Kier alpha value is -2.28. The highest BCUT2D eigenvalue weighted by Gasteiger charge is 2.22. The van der Waals surface area contributed by atoms with E-state index in [0.717, 1.165) is 28.2 Å². The normalized spacial score (nSPS) is 14.2. The van der Waals surface area contributed by atoms with Crippen LogP contribution in [-0.4, -0.2) is 31.8 Å². The maximum Gasteiger partial charge on any atom is 0.278 e. The predicted octanol–water partition coefficient (Wildman–Crippen LogP) is 2.37. The second-order valence-electron chi connectivity index (χ2n) is 6.58. The largest absolute Gasteiger partial charge is 0.352 e. The third kappa shape index (κ3) is 2.72. The summed E-state index contributed by atoms with van der Waals surface area (Å²) in [4.78, 5) is 30.2. The van der Waals surface area contributed by atoms with Gasteiger partial charge in [-0.25, -0.2) is 4.98 Å². The van der Waals surface area contributed by atoms with E-state index in [1.165, 1.54) is 0 Å². The Morgan fingerprint density at radius 2 is 2.16 bits per heavy atom. The van der Waals surface area contributed by atoms with Crippen molar-refractivity contribution in [2.24, 2.45) is 0 Å². The van der Waals surface area contributed by atoms with Crippen molar-refractivity contribution in [3.05, 3.63) is 34.6 Å². The molecule has 6 nitrogen and oxygen atoms in total. The van der Waals surface area contributed by atoms with Crippen LogP contribution in [0.2, 0.25) is 0 Å². The van der Waals surface area contributed by atoms with Crippen molar-refractivity contribution in [3.63, 3.8) is 0 Å². The maximum absolute atomic E-state index is 13.1. The minimum atomic E-state index is -0.103. The van der Waals surface area contributed by atoms with Gasteiger partial charge in [-0.3, -0.25) is 14.2 Å². The first kappa shape index (κ1) is 16.2. The fourth-order valence-corrected chi connectivity index (χ4v) is 4.30. The summed E-state index contributed by atoms with van der Waals surface area (Å²) in [6.45, 7) is 4.65. The molecule has 2 aromatic heterocycles. The van der Waals surface area contributed by atoms with E-state index in [4.69, 9.17) is 4.98 Å². The van der Waals surface area contributed by atoms with E-state index in [1.807, 2.05) is 42.7 Å². The second kappa shape index (κ2) is 6.22. The number of fused-ring (bicyclic) bond motifs is 4. The van der Waals surface area contributed by atoms with Gasteiger partial charge in [0, 0.05) is 23.7 Å². The van der Waals surface area contributed by atoms with Crippen LogP contribution in [0.5, 0.6) is 0 Å². The van der Waals surface area contributed by atoms with Gasteiger partial charge in [0.25, 0.3) is 5.56 Å². The van der Waals surface area contributed by atoms with Crippen molar-refractivity contribution in [2.45, 2.75) is 44.6 Å². The van der Waals surface area contributed by atoms with Gasteiger partial charge in [-0.05, 0) is 26.3 Å². The molecular weight excluding hydrogens is 336 g/mol. The molecule has 1 aliphatic rings. The lowest BCUT2D eigenvalue weighted by Crippen LogP contribution is -2.34.